The van der Waals surface area contributed by atoms with E-state index in [1.165, 1.54) is 0 Å². The molecule has 0 aliphatic rings. The predicted octanol–water partition coefficient (Wildman–Crippen LogP) is 1.94. The quantitative estimate of drug-likeness (QED) is 0.744. The Bertz CT molecular complexity index is 771. The maximum absolute atomic E-state index is 5.70. The first-order chi connectivity index (χ1) is 9.69. The van der Waals surface area contributed by atoms with E-state index in [2.05, 4.69) is 27.6 Å². The summed E-state index contributed by atoms with van der Waals surface area (Å²) < 4.78 is 4.02. The summed E-state index contributed by atoms with van der Waals surface area (Å²) in [5, 5.41) is 5.35. The zero-order valence-electron chi connectivity index (χ0n) is 11.2. The second-order valence-corrected chi connectivity index (χ2v) is 5.01. The number of aromatic nitrogens is 4. The summed E-state index contributed by atoms with van der Waals surface area (Å²) >= 11 is 5.04. The number of aryl methyl sites for hydroxylation is 1. The summed E-state index contributed by atoms with van der Waals surface area (Å²) in [5.41, 5.74) is 7.68. The van der Waals surface area contributed by atoms with E-state index in [1.807, 2.05) is 29.1 Å². The molecule has 102 valence electrons. The minimum Gasteiger partial charge on any atom is -0.389 e. The fourth-order valence-corrected chi connectivity index (χ4v) is 2.43. The van der Waals surface area contributed by atoms with Gasteiger partial charge in [-0.05, 0) is 24.4 Å². The first-order valence-electron chi connectivity index (χ1n) is 6.44. The normalized spacial score (nSPS) is 11.1. The topological polar surface area (TPSA) is 61.7 Å². The number of benzene rings is 1. The van der Waals surface area contributed by atoms with Gasteiger partial charge in [0.15, 0.2) is 0 Å². The number of nitrogens with two attached hydrogens (primary N) is 1. The third-order valence-electron chi connectivity index (χ3n) is 3.37. The minimum absolute atomic E-state index is 0.413. The molecule has 20 heavy (non-hydrogen) atoms. The van der Waals surface area contributed by atoms with Crippen LogP contribution in [-0.4, -0.2) is 24.3 Å². The van der Waals surface area contributed by atoms with E-state index in [4.69, 9.17) is 18.0 Å². The minimum atomic E-state index is 0.413. The Kier molecular flexibility index (Phi) is 3.23. The van der Waals surface area contributed by atoms with Gasteiger partial charge in [-0.25, -0.2) is 9.67 Å². The van der Waals surface area contributed by atoms with Crippen molar-refractivity contribution in [2.75, 3.05) is 0 Å². The lowest BCUT2D eigenvalue weighted by Gasteiger charge is -2.07. The lowest BCUT2D eigenvalue weighted by Crippen LogP contribution is -2.10. The smallest absolute Gasteiger partial charge is 0.146 e. The van der Waals surface area contributed by atoms with Gasteiger partial charge in [-0.3, -0.25) is 0 Å². The highest BCUT2D eigenvalue weighted by molar-refractivity contribution is 7.80. The molecule has 6 heteroatoms. The molecule has 0 radical (unpaired) electrons. The molecule has 1 aromatic carbocycles. The largest absolute Gasteiger partial charge is 0.389 e. The van der Waals surface area contributed by atoms with Crippen molar-refractivity contribution < 1.29 is 0 Å². The van der Waals surface area contributed by atoms with Gasteiger partial charge in [-0.2, -0.15) is 5.10 Å². The van der Waals surface area contributed by atoms with Gasteiger partial charge in [0.25, 0.3) is 0 Å². The van der Waals surface area contributed by atoms with Crippen molar-refractivity contribution in [3.05, 3.63) is 48.2 Å². The summed E-state index contributed by atoms with van der Waals surface area (Å²) in [6, 6.07) is 8.07. The fourth-order valence-electron chi connectivity index (χ4n) is 2.30. The van der Waals surface area contributed by atoms with Gasteiger partial charge in [0.1, 0.15) is 17.1 Å². The first kappa shape index (κ1) is 12.8. The third-order valence-corrected chi connectivity index (χ3v) is 3.60. The van der Waals surface area contributed by atoms with Gasteiger partial charge in [0.05, 0.1) is 6.54 Å². The third kappa shape index (κ3) is 2.18. The number of hydrogen-bond donors (Lipinski definition) is 1. The maximum atomic E-state index is 5.70. The molecule has 0 bridgehead atoms. The number of nitrogens with zero attached hydrogens (tertiary/aromatic N) is 4. The van der Waals surface area contributed by atoms with Crippen molar-refractivity contribution in [1.82, 2.24) is 19.3 Å². The molecule has 2 aromatic heterocycles. The molecule has 2 N–H and O–H groups in total. The van der Waals surface area contributed by atoms with Crippen LogP contribution in [0.1, 0.15) is 18.3 Å². The summed E-state index contributed by atoms with van der Waals surface area (Å²) in [5.74, 6) is 0.936. The van der Waals surface area contributed by atoms with Crippen LogP contribution in [0.2, 0.25) is 0 Å². The molecule has 0 saturated carbocycles. The van der Waals surface area contributed by atoms with Crippen molar-refractivity contribution in [2.24, 2.45) is 5.73 Å². The number of fused-ring (bicyclic) bond motifs is 1. The van der Waals surface area contributed by atoms with Gasteiger partial charge in [-0.1, -0.05) is 24.4 Å². The molecule has 5 nitrogen and oxygen atoms in total. The summed E-state index contributed by atoms with van der Waals surface area (Å²) in [7, 11) is 0. The van der Waals surface area contributed by atoms with Crippen LogP contribution in [0, 0.1) is 0 Å². The van der Waals surface area contributed by atoms with Crippen molar-refractivity contribution >= 4 is 28.1 Å². The van der Waals surface area contributed by atoms with Gasteiger partial charge >= 0.3 is 0 Å². The molecule has 0 amide bonds. The van der Waals surface area contributed by atoms with Gasteiger partial charge in [0, 0.05) is 23.8 Å². The van der Waals surface area contributed by atoms with Crippen LogP contribution in [0.15, 0.2) is 36.8 Å². The molecule has 0 aliphatic carbocycles. The highest BCUT2D eigenvalue weighted by Gasteiger charge is 2.08. The number of hydrogen-bond acceptors (Lipinski definition) is 3. The Labute approximate surface area is 122 Å². The Hall–Kier alpha value is -2.21. The Balaban J connectivity index is 2.03. The number of thiocarbonyl (C=S) groups is 1. The first-order valence-corrected chi connectivity index (χ1v) is 6.85. The van der Waals surface area contributed by atoms with Crippen molar-refractivity contribution in [2.45, 2.75) is 20.0 Å². The highest BCUT2D eigenvalue weighted by Crippen LogP contribution is 2.18. The predicted molar refractivity (Wildman–Crippen MR) is 82.6 cm³/mol. The van der Waals surface area contributed by atoms with Gasteiger partial charge in [-0.15, -0.1) is 0 Å². The molecule has 3 aromatic rings. The highest BCUT2D eigenvalue weighted by atomic mass is 32.1. The van der Waals surface area contributed by atoms with E-state index in [0.29, 0.717) is 11.5 Å². The van der Waals surface area contributed by atoms with Crippen molar-refractivity contribution in [1.29, 1.82) is 0 Å². The molecule has 2 heterocycles. The van der Waals surface area contributed by atoms with Crippen LogP contribution in [0.4, 0.5) is 0 Å². The standard InChI is InChI=1S/C14H15N5S/c1-2-19-13(16-9-17-19)8-18-6-5-10-3-4-11(14(15)20)7-12(10)18/h3-7,9H,2,8H2,1H3,(H2,15,20). The molecular formula is C14H15N5S. The average molecular weight is 285 g/mol. The Morgan fingerprint density at radius 3 is 2.95 bits per heavy atom. The van der Waals surface area contributed by atoms with E-state index < -0.39 is 0 Å². The zero-order chi connectivity index (χ0) is 14.1. The van der Waals surface area contributed by atoms with Crippen LogP contribution < -0.4 is 5.73 Å². The van der Waals surface area contributed by atoms with E-state index in [1.54, 1.807) is 6.33 Å². The molecule has 0 fully saturated rings. The summed E-state index contributed by atoms with van der Waals surface area (Å²) in [6.07, 6.45) is 3.63. The Morgan fingerprint density at radius 1 is 1.35 bits per heavy atom. The molecular weight excluding hydrogens is 270 g/mol. The lowest BCUT2D eigenvalue weighted by atomic mass is 10.1. The Morgan fingerprint density at radius 2 is 2.20 bits per heavy atom. The molecule has 0 saturated heterocycles. The van der Waals surface area contributed by atoms with E-state index in [9.17, 15) is 0 Å². The summed E-state index contributed by atoms with van der Waals surface area (Å²) in [4.78, 5) is 4.72. The SMILES string of the molecule is CCn1ncnc1Cn1ccc2ccc(C(N)=S)cc21. The van der Waals surface area contributed by atoms with Gasteiger partial charge in [0.2, 0.25) is 0 Å². The molecule has 3 rings (SSSR count). The lowest BCUT2D eigenvalue weighted by molar-refractivity contribution is 0.597. The number of rotatable bonds is 4. The van der Waals surface area contributed by atoms with Crippen molar-refractivity contribution in [3.8, 4) is 0 Å². The second-order valence-electron chi connectivity index (χ2n) is 4.57. The van der Waals surface area contributed by atoms with Crippen LogP contribution >= 0.6 is 12.2 Å². The molecule has 0 spiro atoms. The monoisotopic (exact) mass is 285 g/mol. The van der Waals surface area contributed by atoms with E-state index in [0.717, 1.165) is 28.8 Å². The van der Waals surface area contributed by atoms with Crippen LogP contribution in [-0.2, 0) is 13.1 Å². The second kappa shape index (κ2) is 5.05. The molecule has 0 unspecified atom stereocenters. The zero-order valence-corrected chi connectivity index (χ0v) is 12.0. The van der Waals surface area contributed by atoms with Gasteiger partial charge < -0.3 is 10.3 Å². The van der Waals surface area contributed by atoms with Crippen LogP contribution in [0.5, 0.6) is 0 Å². The van der Waals surface area contributed by atoms with Crippen molar-refractivity contribution in [3.63, 3.8) is 0 Å². The van der Waals surface area contributed by atoms with E-state index >= 15 is 0 Å². The summed E-state index contributed by atoms with van der Waals surface area (Å²) in [6.45, 7) is 3.54. The molecule has 0 aliphatic heterocycles. The van der Waals surface area contributed by atoms with Crippen LogP contribution in [0.25, 0.3) is 10.9 Å². The average Bonchev–Trinajstić information content (AvgIpc) is 3.05. The molecule has 0 atom stereocenters. The maximum Gasteiger partial charge on any atom is 0.146 e. The fraction of sp³-hybridized carbons (Fsp3) is 0.214. The van der Waals surface area contributed by atoms with E-state index in [-0.39, 0.29) is 0 Å². The van der Waals surface area contributed by atoms with Crippen LogP contribution in [0.3, 0.4) is 0 Å².